The zero-order valence-corrected chi connectivity index (χ0v) is 21.0. The van der Waals surface area contributed by atoms with Crippen molar-refractivity contribution >= 4 is 29.9 Å². The fraction of sp³-hybridized carbons (Fsp3) is 0.650. The van der Waals surface area contributed by atoms with Crippen LogP contribution in [0.5, 0.6) is 0 Å². The van der Waals surface area contributed by atoms with Gasteiger partial charge < -0.3 is 29.5 Å². The Hall–Kier alpha value is -1.70. The molecule has 1 saturated heterocycles. The van der Waals surface area contributed by atoms with Gasteiger partial charge in [-0.1, -0.05) is 0 Å². The summed E-state index contributed by atoms with van der Waals surface area (Å²) in [5, 5.41) is 25.6. The molecule has 2 aromatic heterocycles. The molecule has 174 valence electrons. The van der Waals surface area contributed by atoms with Crippen LogP contribution in [0, 0.1) is 13.8 Å². The van der Waals surface area contributed by atoms with Gasteiger partial charge in [0.05, 0.1) is 19.8 Å². The molecule has 0 amide bonds. The Kier molecular flexibility index (Phi) is 9.72. The number of morpholine rings is 1. The predicted molar refractivity (Wildman–Crippen MR) is 129 cm³/mol. The summed E-state index contributed by atoms with van der Waals surface area (Å²) in [5.41, 5.74) is -1.16. The number of hydrogen-bond acceptors (Lipinski definition) is 7. The second-order valence-electron chi connectivity index (χ2n) is 7.81. The highest BCUT2D eigenvalue weighted by atomic mass is 127. The molecule has 2 aromatic rings. The van der Waals surface area contributed by atoms with Gasteiger partial charge in [0.1, 0.15) is 29.5 Å². The predicted octanol–water partition coefficient (Wildman–Crippen LogP) is 0.918. The lowest BCUT2D eigenvalue weighted by Gasteiger charge is -2.27. The van der Waals surface area contributed by atoms with Crippen molar-refractivity contribution in [3.63, 3.8) is 0 Å². The Morgan fingerprint density at radius 3 is 2.58 bits per heavy atom. The van der Waals surface area contributed by atoms with Gasteiger partial charge >= 0.3 is 0 Å². The minimum Gasteiger partial charge on any atom is -0.463 e. The Morgan fingerprint density at radius 1 is 1.23 bits per heavy atom. The minimum atomic E-state index is -1.16. The zero-order chi connectivity index (χ0) is 21.6. The van der Waals surface area contributed by atoms with E-state index >= 15 is 0 Å². The highest BCUT2D eigenvalue weighted by Crippen LogP contribution is 2.21. The highest BCUT2D eigenvalue weighted by Gasteiger charge is 2.27. The summed E-state index contributed by atoms with van der Waals surface area (Å²) in [6.45, 7) is 11.2. The number of aromatic nitrogens is 3. The molecule has 0 saturated carbocycles. The SMILES string of the molecule is Cc1ccc(C(C)(O)CNC(=NCc2nnc(C)n2C)NCCN2CCOCC2)o1.I. The van der Waals surface area contributed by atoms with Crippen molar-refractivity contribution in [1.82, 2.24) is 30.3 Å². The summed E-state index contributed by atoms with van der Waals surface area (Å²) < 4.78 is 12.9. The Balaban J connectivity index is 0.00000341. The molecule has 1 atom stereocenters. The molecule has 31 heavy (non-hydrogen) atoms. The average Bonchev–Trinajstić information content (AvgIpc) is 3.31. The van der Waals surface area contributed by atoms with E-state index < -0.39 is 5.60 Å². The summed E-state index contributed by atoms with van der Waals surface area (Å²) >= 11 is 0. The minimum absolute atomic E-state index is 0. The number of nitrogens with zero attached hydrogens (tertiary/aromatic N) is 5. The van der Waals surface area contributed by atoms with Crippen molar-refractivity contribution in [2.45, 2.75) is 32.9 Å². The molecule has 1 aliphatic rings. The number of aliphatic imine (C=N–C) groups is 1. The lowest BCUT2D eigenvalue weighted by molar-refractivity contribution is 0.0369. The molecular formula is C20H34IN7O3. The number of ether oxygens (including phenoxy) is 1. The van der Waals surface area contributed by atoms with Crippen LogP contribution < -0.4 is 10.6 Å². The van der Waals surface area contributed by atoms with Crippen LogP contribution >= 0.6 is 24.0 Å². The van der Waals surface area contributed by atoms with Crippen molar-refractivity contribution in [3.8, 4) is 0 Å². The maximum atomic E-state index is 10.8. The molecular weight excluding hydrogens is 513 g/mol. The fourth-order valence-electron chi connectivity index (χ4n) is 3.14. The summed E-state index contributed by atoms with van der Waals surface area (Å²) in [6.07, 6.45) is 0. The first-order valence-electron chi connectivity index (χ1n) is 10.3. The van der Waals surface area contributed by atoms with Gasteiger partial charge in [-0.3, -0.25) is 4.90 Å². The molecule has 0 radical (unpaired) electrons. The summed E-state index contributed by atoms with van der Waals surface area (Å²) in [6, 6.07) is 3.64. The summed E-state index contributed by atoms with van der Waals surface area (Å²) in [5.74, 6) is 3.50. The lowest BCUT2D eigenvalue weighted by Crippen LogP contribution is -2.47. The van der Waals surface area contributed by atoms with Crippen LogP contribution in [0.25, 0.3) is 0 Å². The first kappa shape index (κ1) is 25.6. The standard InChI is InChI=1S/C20H33N7O3.HI/c1-15-5-6-17(30-15)20(3,28)14-23-19(21-7-8-27-9-11-29-12-10-27)22-13-18-25-24-16(2)26(18)4;/h5-6,28H,7-14H2,1-4H3,(H2,21,22,23);1H. The van der Waals surface area contributed by atoms with E-state index in [1.165, 1.54) is 0 Å². The number of aliphatic hydroxyl groups is 1. The maximum absolute atomic E-state index is 10.8. The van der Waals surface area contributed by atoms with Crippen LogP contribution in [0.15, 0.2) is 21.5 Å². The molecule has 11 heteroatoms. The molecule has 10 nitrogen and oxygen atoms in total. The normalized spacial score (nSPS) is 17.1. The zero-order valence-electron chi connectivity index (χ0n) is 18.7. The quantitative estimate of drug-likeness (QED) is 0.254. The van der Waals surface area contributed by atoms with Gasteiger partial charge in [-0.05, 0) is 32.9 Å². The Labute approximate surface area is 200 Å². The third kappa shape index (κ3) is 7.44. The molecule has 0 aromatic carbocycles. The van der Waals surface area contributed by atoms with Crippen LogP contribution in [0.3, 0.4) is 0 Å². The van der Waals surface area contributed by atoms with Crippen LogP contribution in [-0.2, 0) is 23.9 Å². The van der Waals surface area contributed by atoms with Crippen molar-refractivity contribution in [3.05, 3.63) is 35.3 Å². The molecule has 0 aliphatic carbocycles. The number of nitrogens with one attached hydrogen (secondary N) is 2. The second kappa shape index (κ2) is 11.8. The number of halogens is 1. The van der Waals surface area contributed by atoms with E-state index in [2.05, 4.69) is 30.7 Å². The third-order valence-electron chi connectivity index (χ3n) is 5.26. The van der Waals surface area contributed by atoms with E-state index in [0.717, 1.165) is 56.8 Å². The van der Waals surface area contributed by atoms with E-state index in [0.29, 0.717) is 18.3 Å². The lowest BCUT2D eigenvalue weighted by atomic mass is 10.0. The molecule has 3 rings (SSSR count). The largest absolute Gasteiger partial charge is 0.463 e. The fourth-order valence-corrected chi connectivity index (χ4v) is 3.14. The number of hydrogen-bond donors (Lipinski definition) is 3. The Morgan fingerprint density at radius 2 is 1.97 bits per heavy atom. The average molecular weight is 547 g/mol. The number of aryl methyl sites for hydroxylation is 2. The first-order valence-corrected chi connectivity index (χ1v) is 10.3. The molecule has 0 spiro atoms. The van der Waals surface area contributed by atoms with Crippen LogP contribution in [0.4, 0.5) is 0 Å². The van der Waals surface area contributed by atoms with Crippen LogP contribution in [0.2, 0.25) is 0 Å². The molecule has 1 aliphatic heterocycles. The Bertz CT molecular complexity index is 844. The van der Waals surface area contributed by atoms with Gasteiger partial charge in [-0.15, -0.1) is 34.2 Å². The first-order chi connectivity index (χ1) is 14.3. The molecule has 3 heterocycles. The van der Waals surface area contributed by atoms with E-state index in [4.69, 9.17) is 9.15 Å². The highest BCUT2D eigenvalue weighted by molar-refractivity contribution is 14.0. The molecule has 0 bridgehead atoms. The molecule has 1 unspecified atom stereocenters. The molecule has 1 fully saturated rings. The van der Waals surface area contributed by atoms with Gasteiger partial charge in [0.15, 0.2) is 11.8 Å². The summed E-state index contributed by atoms with van der Waals surface area (Å²) in [7, 11) is 1.92. The molecule has 3 N–H and O–H groups in total. The van der Waals surface area contributed by atoms with Crippen molar-refractivity contribution in [2.75, 3.05) is 45.9 Å². The number of guanidine groups is 1. The number of rotatable bonds is 8. The van der Waals surface area contributed by atoms with E-state index in [9.17, 15) is 5.11 Å². The van der Waals surface area contributed by atoms with Crippen molar-refractivity contribution < 1.29 is 14.3 Å². The van der Waals surface area contributed by atoms with E-state index in [1.54, 1.807) is 13.0 Å². The monoisotopic (exact) mass is 547 g/mol. The smallest absolute Gasteiger partial charge is 0.191 e. The second-order valence-corrected chi connectivity index (χ2v) is 7.81. The van der Waals surface area contributed by atoms with Crippen molar-refractivity contribution in [1.29, 1.82) is 0 Å². The third-order valence-corrected chi connectivity index (χ3v) is 5.26. The van der Waals surface area contributed by atoms with Gasteiger partial charge in [0, 0.05) is 33.2 Å². The topological polar surface area (TPSA) is 113 Å². The summed E-state index contributed by atoms with van der Waals surface area (Å²) in [4.78, 5) is 6.99. The van der Waals surface area contributed by atoms with Gasteiger partial charge in [0.25, 0.3) is 0 Å². The number of furan rings is 1. The van der Waals surface area contributed by atoms with Gasteiger partial charge in [-0.2, -0.15) is 0 Å². The van der Waals surface area contributed by atoms with Crippen LogP contribution in [-0.4, -0.2) is 76.7 Å². The van der Waals surface area contributed by atoms with Gasteiger partial charge in [0.2, 0.25) is 0 Å². The van der Waals surface area contributed by atoms with E-state index in [-0.39, 0.29) is 30.5 Å². The van der Waals surface area contributed by atoms with Crippen molar-refractivity contribution in [2.24, 2.45) is 12.0 Å². The van der Waals surface area contributed by atoms with Gasteiger partial charge in [-0.25, -0.2) is 4.99 Å². The van der Waals surface area contributed by atoms with Crippen LogP contribution in [0.1, 0.15) is 30.1 Å². The maximum Gasteiger partial charge on any atom is 0.191 e. The van der Waals surface area contributed by atoms with E-state index in [1.807, 2.05) is 31.5 Å².